The molecule has 2 aromatic rings. The summed E-state index contributed by atoms with van der Waals surface area (Å²) in [5.41, 5.74) is 2.43. The summed E-state index contributed by atoms with van der Waals surface area (Å²) in [5, 5.41) is 3.64. The van der Waals surface area contributed by atoms with Crippen molar-refractivity contribution >= 4 is 34.7 Å². The molecule has 1 aliphatic rings. The van der Waals surface area contributed by atoms with Crippen LogP contribution in [0.1, 0.15) is 18.1 Å². The lowest BCUT2D eigenvalue weighted by Gasteiger charge is -2.13. The van der Waals surface area contributed by atoms with E-state index < -0.39 is 17.6 Å². The Balaban J connectivity index is 2.10. The largest absolute Gasteiger partial charge is 0.350 e. The molecule has 1 heterocycles. The number of amides is 2. The van der Waals surface area contributed by atoms with E-state index in [0.717, 1.165) is 10.5 Å². The van der Waals surface area contributed by atoms with Crippen molar-refractivity contribution < 1.29 is 14.0 Å². The molecule has 0 radical (unpaired) electrons. The molecule has 0 saturated heterocycles. The van der Waals surface area contributed by atoms with Gasteiger partial charge in [-0.1, -0.05) is 23.7 Å². The molecule has 2 aromatic carbocycles. The summed E-state index contributed by atoms with van der Waals surface area (Å²) in [7, 11) is 0. The van der Waals surface area contributed by atoms with Crippen molar-refractivity contribution in [3.05, 3.63) is 70.1 Å². The maximum absolute atomic E-state index is 13.2. The smallest absolute Gasteiger partial charge is 0.278 e. The third-order valence-electron chi connectivity index (χ3n) is 4.07. The number of hydrogen-bond acceptors (Lipinski definition) is 3. The van der Waals surface area contributed by atoms with Crippen molar-refractivity contribution in [3.63, 3.8) is 0 Å². The molecule has 1 N–H and O–H groups in total. The molecule has 1 aliphatic heterocycles. The number of rotatable bonds is 4. The van der Waals surface area contributed by atoms with E-state index >= 15 is 0 Å². The van der Waals surface area contributed by atoms with Crippen LogP contribution in [0, 0.1) is 12.7 Å². The van der Waals surface area contributed by atoms with Crippen LogP contribution in [0.2, 0.25) is 5.02 Å². The van der Waals surface area contributed by atoms with Gasteiger partial charge in [-0.3, -0.25) is 14.5 Å². The molecule has 0 fully saturated rings. The Hall–Kier alpha value is -2.66. The van der Waals surface area contributed by atoms with Gasteiger partial charge in [0.1, 0.15) is 11.5 Å². The Labute approximate surface area is 149 Å². The fraction of sp³-hybridized carbons (Fsp3) is 0.158. The Morgan fingerprint density at radius 1 is 1.08 bits per heavy atom. The molecule has 0 unspecified atom stereocenters. The topological polar surface area (TPSA) is 49.4 Å². The summed E-state index contributed by atoms with van der Waals surface area (Å²) in [4.78, 5) is 26.5. The van der Waals surface area contributed by atoms with Crippen LogP contribution in [0.25, 0.3) is 5.57 Å². The van der Waals surface area contributed by atoms with Gasteiger partial charge in [0.15, 0.2) is 0 Å². The minimum atomic E-state index is -0.406. The number of aryl methyl sites for hydroxylation is 1. The van der Waals surface area contributed by atoms with Gasteiger partial charge in [0.2, 0.25) is 0 Å². The minimum absolute atomic E-state index is 0.184. The number of nitrogens with one attached hydrogen (secondary N) is 1. The van der Waals surface area contributed by atoms with Crippen LogP contribution in [-0.2, 0) is 9.59 Å². The quantitative estimate of drug-likeness (QED) is 0.840. The number of likely N-dealkylation sites (N-methyl/N-ethyl adjacent to an activating group) is 1. The van der Waals surface area contributed by atoms with E-state index in [1.165, 1.54) is 24.3 Å². The van der Waals surface area contributed by atoms with Crippen LogP contribution in [-0.4, -0.2) is 23.3 Å². The first-order valence-electron chi connectivity index (χ1n) is 7.82. The van der Waals surface area contributed by atoms with E-state index in [-0.39, 0.29) is 17.8 Å². The van der Waals surface area contributed by atoms with E-state index in [1.807, 2.05) is 6.92 Å². The highest BCUT2D eigenvalue weighted by Crippen LogP contribution is 2.31. The first-order valence-corrected chi connectivity index (χ1v) is 8.19. The van der Waals surface area contributed by atoms with Crippen LogP contribution < -0.4 is 5.32 Å². The van der Waals surface area contributed by atoms with Crippen LogP contribution in [0.4, 0.5) is 10.1 Å². The molecule has 0 saturated carbocycles. The maximum Gasteiger partial charge on any atom is 0.278 e. The maximum atomic E-state index is 13.2. The molecule has 0 atom stereocenters. The standard InChI is InChI=1S/C19H16ClFN2O2/c1-3-23-18(24)16(12-4-7-14(21)8-5-12)17(19(23)25)22-15-9-6-13(20)10-11(15)2/h4-10,22H,3H2,1-2H3. The second kappa shape index (κ2) is 6.69. The average molecular weight is 359 g/mol. The molecule has 0 spiro atoms. The SMILES string of the molecule is CCN1C(=O)C(Nc2ccc(Cl)cc2C)=C(c2ccc(F)cc2)C1=O. The molecule has 4 nitrogen and oxygen atoms in total. The third-order valence-corrected chi connectivity index (χ3v) is 4.30. The molecule has 6 heteroatoms. The van der Waals surface area contributed by atoms with Gasteiger partial charge in [0.25, 0.3) is 11.8 Å². The average Bonchev–Trinajstić information content (AvgIpc) is 2.81. The van der Waals surface area contributed by atoms with Gasteiger partial charge in [0, 0.05) is 17.3 Å². The zero-order chi connectivity index (χ0) is 18.1. The summed E-state index contributed by atoms with van der Waals surface area (Å²) in [5.74, 6) is -1.20. The Bertz CT molecular complexity index is 891. The zero-order valence-corrected chi connectivity index (χ0v) is 14.5. The number of carbonyl (C=O) groups is 2. The summed E-state index contributed by atoms with van der Waals surface area (Å²) in [6.07, 6.45) is 0. The molecular formula is C19H16ClFN2O2. The normalized spacial score (nSPS) is 14.5. The first kappa shape index (κ1) is 17.2. The number of hydrogen-bond donors (Lipinski definition) is 1. The second-order valence-electron chi connectivity index (χ2n) is 5.70. The van der Waals surface area contributed by atoms with Crippen LogP contribution in [0.5, 0.6) is 0 Å². The fourth-order valence-electron chi connectivity index (χ4n) is 2.77. The van der Waals surface area contributed by atoms with Crippen LogP contribution in [0.15, 0.2) is 48.2 Å². The molecule has 0 bridgehead atoms. The summed E-state index contributed by atoms with van der Waals surface area (Å²) < 4.78 is 13.2. The fourth-order valence-corrected chi connectivity index (χ4v) is 2.99. The molecule has 3 rings (SSSR count). The van der Waals surface area contributed by atoms with Gasteiger partial charge < -0.3 is 5.32 Å². The highest BCUT2D eigenvalue weighted by atomic mass is 35.5. The summed E-state index contributed by atoms with van der Waals surface area (Å²) in [6, 6.07) is 10.7. The minimum Gasteiger partial charge on any atom is -0.350 e. The summed E-state index contributed by atoms with van der Waals surface area (Å²) in [6.45, 7) is 3.84. The van der Waals surface area contributed by atoms with Gasteiger partial charge in [-0.25, -0.2) is 4.39 Å². The molecule has 2 amide bonds. The number of carbonyl (C=O) groups excluding carboxylic acids is 2. The van der Waals surface area contributed by atoms with Crippen LogP contribution in [0.3, 0.4) is 0 Å². The van der Waals surface area contributed by atoms with Crippen molar-refractivity contribution in [1.29, 1.82) is 0 Å². The van der Waals surface area contributed by atoms with E-state index in [4.69, 9.17) is 11.6 Å². The van der Waals surface area contributed by atoms with Gasteiger partial charge >= 0.3 is 0 Å². The Kier molecular flexibility index (Phi) is 4.59. The lowest BCUT2D eigenvalue weighted by Crippen LogP contribution is -2.32. The predicted molar refractivity (Wildman–Crippen MR) is 95.5 cm³/mol. The Morgan fingerprint density at radius 3 is 2.36 bits per heavy atom. The molecule has 0 aromatic heterocycles. The molecule has 128 valence electrons. The molecular weight excluding hydrogens is 343 g/mol. The number of halogens is 2. The first-order chi connectivity index (χ1) is 11.9. The van der Waals surface area contributed by atoms with E-state index in [9.17, 15) is 14.0 Å². The number of benzene rings is 2. The highest BCUT2D eigenvalue weighted by molar-refractivity contribution is 6.36. The van der Waals surface area contributed by atoms with Crippen molar-refractivity contribution in [2.24, 2.45) is 0 Å². The third kappa shape index (κ3) is 3.15. The van der Waals surface area contributed by atoms with Gasteiger partial charge in [0.05, 0.1) is 5.57 Å². The van der Waals surface area contributed by atoms with E-state index in [0.29, 0.717) is 16.3 Å². The number of imide groups is 1. The number of anilines is 1. The zero-order valence-electron chi connectivity index (χ0n) is 13.8. The van der Waals surface area contributed by atoms with E-state index in [2.05, 4.69) is 5.32 Å². The molecule has 25 heavy (non-hydrogen) atoms. The van der Waals surface area contributed by atoms with Crippen molar-refractivity contribution in [3.8, 4) is 0 Å². The van der Waals surface area contributed by atoms with E-state index in [1.54, 1.807) is 25.1 Å². The Morgan fingerprint density at radius 2 is 1.76 bits per heavy atom. The monoisotopic (exact) mass is 358 g/mol. The lowest BCUT2D eigenvalue weighted by atomic mass is 10.0. The van der Waals surface area contributed by atoms with Crippen molar-refractivity contribution in [1.82, 2.24) is 4.90 Å². The van der Waals surface area contributed by atoms with Crippen molar-refractivity contribution in [2.45, 2.75) is 13.8 Å². The van der Waals surface area contributed by atoms with Gasteiger partial charge in [-0.15, -0.1) is 0 Å². The predicted octanol–water partition coefficient (Wildman–Crippen LogP) is 4.00. The van der Waals surface area contributed by atoms with Gasteiger partial charge in [-0.05, 0) is 55.3 Å². The summed E-state index contributed by atoms with van der Waals surface area (Å²) >= 11 is 5.97. The van der Waals surface area contributed by atoms with Crippen LogP contribution >= 0.6 is 11.6 Å². The lowest BCUT2D eigenvalue weighted by molar-refractivity contribution is -0.136. The second-order valence-corrected chi connectivity index (χ2v) is 6.13. The number of nitrogens with zero attached hydrogens (tertiary/aromatic N) is 1. The van der Waals surface area contributed by atoms with Crippen molar-refractivity contribution in [2.75, 3.05) is 11.9 Å². The van der Waals surface area contributed by atoms with Gasteiger partial charge in [-0.2, -0.15) is 0 Å². The highest BCUT2D eigenvalue weighted by Gasteiger charge is 2.38. The molecule has 0 aliphatic carbocycles.